The van der Waals surface area contributed by atoms with E-state index in [-0.39, 0.29) is 10.9 Å². The Morgan fingerprint density at radius 3 is 2.76 bits per heavy atom. The topological polar surface area (TPSA) is 97.1 Å². The first kappa shape index (κ1) is 15.4. The highest BCUT2D eigenvalue weighted by Gasteiger charge is 2.20. The molecule has 0 bridgehead atoms. The summed E-state index contributed by atoms with van der Waals surface area (Å²) in [5.74, 6) is -0.234. The van der Waals surface area contributed by atoms with Crippen LogP contribution in [0.5, 0.6) is 5.75 Å². The summed E-state index contributed by atoms with van der Waals surface area (Å²) >= 11 is 8.49. The van der Waals surface area contributed by atoms with Gasteiger partial charge in [0.05, 0.1) is 0 Å². The number of nitrogens with one attached hydrogen (secondary N) is 1. The van der Waals surface area contributed by atoms with Gasteiger partial charge in [0.2, 0.25) is 0 Å². The molecule has 0 saturated carbocycles. The molecule has 0 aliphatic heterocycles. The maximum atomic E-state index is 11.4. The Morgan fingerprint density at radius 2 is 2.14 bits per heavy atom. The van der Waals surface area contributed by atoms with Crippen LogP contribution in [0, 0.1) is 0 Å². The average Bonchev–Trinajstić information content (AvgIpc) is 2.88. The predicted molar refractivity (Wildman–Crippen MR) is 84.9 cm³/mol. The minimum Gasteiger partial charge on any atom is -0.431 e. The number of rotatable bonds is 3. The fraction of sp³-hybridized carbons (Fsp3) is 0.167. The molecule has 2 aromatic rings. The summed E-state index contributed by atoms with van der Waals surface area (Å²) in [5, 5.41) is 10.4. The predicted octanol–water partition coefficient (Wildman–Crippen LogP) is 1.56. The Labute approximate surface area is 134 Å². The zero-order valence-electron chi connectivity index (χ0n) is 11.3. The molecular weight excluding hydrogens is 358 g/mol. The van der Waals surface area contributed by atoms with E-state index in [1.165, 1.54) is 0 Å². The highest BCUT2D eigenvalue weighted by Crippen LogP contribution is 2.33. The lowest BCUT2D eigenvalue weighted by Gasteiger charge is -2.16. The lowest BCUT2D eigenvalue weighted by atomic mass is 10.1. The normalized spacial score (nSPS) is 10.2. The van der Waals surface area contributed by atoms with E-state index in [2.05, 4.69) is 31.3 Å². The molecule has 0 atom stereocenters. The number of benzene rings is 1. The van der Waals surface area contributed by atoms with Gasteiger partial charge in [0.1, 0.15) is 11.4 Å². The van der Waals surface area contributed by atoms with Crippen LogP contribution in [0.2, 0.25) is 0 Å². The molecule has 0 saturated heterocycles. The van der Waals surface area contributed by atoms with Crippen LogP contribution in [0.4, 0.5) is 0 Å². The highest BCUT2D eigenvalue weighted by atomic mass is 79.9. The van der Waals surface area contributed by atoms with E-state index < -0.39 is 5.91 Å². The first-order valence-corrected chi connectivity index (χ1v) is 7.00. The number of H-pyrrole nitrogens is 1. The van der Waals surface area contributed by atoms with Crippen molar-refractivity contribution >= 4 is 39.2 Å². The van der Waals surface area contributed by atoms with Gasteiger partial charge < -0.3 is 15.4 Å². The molecule has 0 aliphatic rings. The quantitative estimate of drug-likeness (QED) is 0.796. The van der Waals surface area contributed by atoms with Gasteiger partial charge >= 0.3 is 0 Å². The fourth-order valence-corrected chi connectivity index (χ4v) is 1.98. The van der Waals surface area contributed by atoms with Crippen molar-refractivity contribution in [2.45, 2.75) is 0 Å². The zero-order chi connectivity index (χ0) is 15.6. The molecule has 1 heterocycles. The number of carbonyl (C=O) groups excluding carboxylic acids is 1. The number of thiocarbonyl (C=S) groups is 1. The number of aromatic nitrogens is 3. The second-order valence-electron chi connectivity index (χ2n) is 4.29. The minimum atomic E-state index is -0.678. The number of halogens is 1. The van der Waals surface area contributed by atoms with Gasteiger partial charge in [-0.3, -0.25) is 4.79 Å². The molecule has 1 aromatic carbocycles. The Morgan fingerprint density at radius 1 is 1.43 bits per heavy atom. The van der Waals surface area contributed by atoms with Crippen LogP contribution in [-0.2, 0) is 0 Å². The van der Waals surface area contributed by atoms with E-state index in [0.717, 1.165) is 4.47 Å². The van der Waals surface area contributed by atoms with Crippen LogP contribution >= 0.6 is 28.1 Å². The molecule has 9 heteroatoms. The SMILES string of the molecule is CN(C)C(=S)Oc1cc(Br)ccc1-c1n[nH]nc1C(N)=O. The molecule has 0 fully saturated rings. The van der Waals surface area contributed by atoms with Gasteiger partial charge in [-0.15, -0.1) is 0 Å². The molecule has 0 unspecified atom stereocenters. The minimum absolute atomic E-state index is 0.0398. The Kier molecular flexibility index (Phi) is 4.53. The molecule has 3 N–H and O–H groups in total. The summed E-state index contributed by atoms with van der Waals surface area (Å²) in [7, 11) is 3.54. The summed E-state index contributed by atoms with van der Waals surface area (Å²) in [6.07, 6.45) is 0. The number of amides is 1. The number of ether oxygens (including phenoxy) is 1. The lowest BCUT2D eigenvalue weighted by Crippen LogP contribution is -2.25. The number of aromatic amines is 1. The van der Waals surface area contributed by atoms with Crippen molar-refractivity contribution in [1.29, 1.82) is 0 Å². The van der Waals surface area contributed by atoms with Crippen LogP contribution in [0.3, 0.4) is 0 Å². The molecule has 7 nitrogen and oxygen atoms in total. The van der Waals surface area contributed by atoms with Crippen molar-refractivity contribution in [3.8, 4) is 17.0 Å². The van der Waals surface area contributed by atoms with Crippen molar-refractivity contribution in [2.75, 3.05) is 14.1 Å². The van der Waals surface area contributed by atoms with Gasteiger partial charge in [0, 0.05) is 24.1 Å². The third kappa shape index (κ3) is 3.37. The van der Waals surface area contributed by atoms with Crippen LogP contribution < -0.4 is 10.5 Å². The molecule has 1 aromatic heterocycles. The zero-order valence-corrected chi connectivity index (χ0v) is 13.7. The number of carbonyl (C=O) groups is 1. The van der Waals surface area contributed by atoms with Crippen molar-refractivity contribution < 1.29 is 9.53 Å². The molecule has 0 aliphatic carbocycles. The molecule has 110 valence electrons. The summed E-state index contributed by atoms with van der Waals surface area (Å²) in [6.45, 7) is 0. The summed E-state index contributed by atoms with van der Waals surface area (Å²) in [5.41, 5.74) is 6.19. The van der Waals surface area contributed by atoms with E-state index in [1.54, 1.807) is 37.2 Å². The van der Waals surface area contributed by atoms with E-state index >= 15 is 0 Å². The third-order valence-corrected chi connectivity index (χ3v) is 3.48. The second kappa shape index (κ2) is 6.19. The Bertz CT molecular complexity index is 701. The van der Waals surface area contributed by atoms with Crippen LogP contribution in [0.1, 0.15) is 10.5 Å². The van der Waals surface area contributed by atoms with Gasteiger partial charge in [-0.2, -0.15) is 15.4 Å². The van der Waals surface area contributed by atoms with Gasteiger partial charge in [-0.05, 0) is 30.4 Å². The molecule has 2 rings (SSSR count). The number of primary amides is 1. The molecule has 0 radical (unpaired) electrons. The summed E-state index contributed by atoms with van der Waals surface area (Å²) in [4.78, 5) is 13.0. The Balaban J connectivity index is 2.51. The monoisotopic (exact) mass is 369 g/mol. The smallest absolute Gasteiger partial charge is 0.271 e. The number of nitrogens with two attached hydrogens (primary N) is 1. The number of hydrogen-bond acceptors (Lipinski definition) is 5. The molecule has 21 heavy (non-hydrogen) atoms. The van der Waals surface area contributed by atoms with Crippen molar-refractivity contribution in [1.82, 2.24) is 20.3 Å². The second-order valence-corrected chi connectivity index (χ2v) is 5.55. The number of nitrogens with zero attached hydrogens (tertiary/aromatic N) is 3. The summed E-state index contributed by atoms with van der Waals surface area (Å²) in [6, 6.07) is 5.26. The van der Waals surface area contributed by atoms with Crippen LogP contribution in [0.15, 0.2) is 22.7 Å². The van der Waals surface area contributed by atoms with Gasteiger partial charge in [0.25, 0.3) is 11.1 Å². The van der Waals surface area contributed by atoms with Gasteiger partial charge in [0.15, 0.2) is 5.69 Å². The van der Waals surface area contributed by atoms with Crippen LogP contribution in [-0.4, -0.2) is 45.5 Å². The van der Waals surface area contributed by atoms with E-state index in [1.807, 2.05) is 0 Å². The third-order valence-electron chi connectivity index (χ3n) is 2.54. The Hall–Kier alpha value is -2.00. The summed E-state index contributed by atoms with van der Waals surface area (Å²) < 4.78 is 6.44. The van der Waals surface area contributed by atoms with E-state index in [0.29, 0.717) is 17.0 Å². The van der Waals surface area contributed by atoms with Gasteiger partial charge in [-0.25, -0.2) is 0 Å². The highest BCUT2D eigenvalue weighted by molar-refractivity contribution is 9.10. The van der Waals surface area contributed by atoms with E-state index in [9.17, 15) is 4.79 Å². The standard InChI is InChI=1S/C12H12BrN5O2S/c1-18(2)12(21)20-8-5-6(13)3-4-7(8)9-10(11(14)19)16-17-15-9/h3-5H,1-2H3,(H2,14,19)(H,15,16,17). The molecule has 0 spiro atoms. The van der Waals surface area contributed by atoms with Crippen LogP contribution in [0.25, 0.3) is 11.3 Å². The van der Waals surface area contributed by atoms with Crippen molar-refractivity contribution in [3.63, 3.8) is 0 Å². The number of hydrogen-bond donors (Lipinski definition) is 2. The maximum Gasteiger partial charge on any atom is 0.271 e. The average molecular weight is 370 g/mol. The van der Waals surface area contributed by atoms with Gasteiger partial charge in [-0.1, -0.05) is 15.9 Å². The fourth-order valence-electron chi connectivity index (χ4n) is 1.55. The first-order valence-electron chi connectivity index (χ1n) is 5.79. The molecular formula is C12H12BrN5O2S. The van der Waals surface area contributed by atoms with Crippen molar-refractivity contribution in [3.05, 3.63) is 28.4 Å². The molecule has 1 amide bonds. The largest absolute Gasteiger partial charge is 0.431 e. The first-order chi connectivity index (χ1) is 9.90. The lowest BCUT2D eigenvalue weighted by molar-refractivity contribution is 0.0996. The maximum absolute atomic E-state index is 11.4. The van der Waals surface area contributed by atoms with Crippen molar-refractivity contribution in [2.24, 2.45) is 5.73 Å². The van der Waals surface area contributed by atoms with E-state index in [4.69, 9.17) is 22.7 Å².